The van der Waals surface area contributed by atoms with Crippen LogP contribution in [0.1, 0.15) is 12.5 Å². The van der Waals surface area contributed by atoms with Crippen LogP contribution in [0.5, 0.6) is 11.5 Å². The number of nitrogens with one attached hydrogen (secondary N) is 3. The van der Waals surface area contributed by atoms with Gasteiger partial charge in [0, 0.05) is 17.3 Å². The molecule has 1 heterocycles. The molecule has 6 nitrogen and oxygen atoms in total. The number of carbonyl (C=O) groups is 1. The van der Waals surface area contributed by atoms with Crippen LogP contribution in [0.3, 0.4) is 0 Å². The molecule has 1 atom stereocenters. The molecule has 6 heteroatoms. The first kappa shape index (κ1) is 20.2. The Kier molecular flexibility index (Phi) is 6.90. The zero-order valence-electron chi connectivity index (χ0n) is 17.0. The van der Waals surface area contributed by atoms with Crippen LogP contribution in [0.2, 0.25) is 0 Å². The van der Waals surface area contributed by atoms with Gasteiger partial charge in [0.05, 0.1) is 14.2 Å². The van der Waals surface area contributed by atoms with E-state index in [9.17, 15) is 4.79 Å². The number of carbonyl (C=O) groups excluding carboxylic acids is 1. The molecule has 3 N–H and O–H groups in total. The molecule has 0 aromatic heterocycles. The van der Waals surface area contributed by atoms with Gasteiger partial charge in [0.2, 0.25) is 0 Å². The lowest BCUT2D eigenvalue weighted by Gasteiger charge is -2.32. The van der Waals surface area contributed by atoms with Gasteiger partial charge in [-0.2, -0.15) is 0 Å². The van der Waals surface area contributed by atoms with E-state index in [2.05, 4.69) is 35.6 Å². The predicted octanol–water partition coefficient (Wildman–Crippen LogP) is 0.0144. The second-order valence-corrected chi connectivity index (χ2v) is 7.35. The number of amides is 1. The highest BCUT2D eigenvalue weighted by molar-refractivity contribution is 5.93. The van der Waals surface area contributed by atoms with E-state index in [1.807, 2.05) is 13.0 Å². The number of ether oxygens (including phenoxy) is 2. The Balaban J connectivity index is 1.52. The summed E-state index contributed by atoms with van der Waals surface area (Å²) in [5, 5.41) is 3.01. The third-order valence-corrected chi connectivity index (χ3v) is 5.55. The van der Waals surface area contributed by atoms with Crippen LogP contribution in [-0.2, 0) is 11.3 Å². The molecule has 0 bridgehead atoms. The van der Waals surface area contributed by atoms with E-state index in [0.717, 1.165) is 38.4 Å². The van der Waals surface area contributed by atoms with Crippen molar-refractivity contribution in [3.8, 4) is 11.5 Å². The molecule has 0 aliphatic carbocycles. The molecule has 0 radical (unpaired) electrons. The van der Waals surface area contributed by atoms with E-state index in [-0.39, 0.29) is 11.9 Å². The first-order valence-corrected chi connectivity index (χ1v) is 9.85. The normalized spacial score (nSPS) is 20.2. The van der Waals surface area contributed by atoms with Gasteiger partial charge in [-0.3, -0.25) is 4.79 Å². The highest BCUT2D eigenvalue weighted by Crippen LogP contribution is 2.29. The Labute approximate surface area is 167 Å². The third kappa shape index (κ3) is 5.03. The fourth-order valence-electron chi connectivity index (χ4n) is 3.77. The van der Waals surface area contributed by atoms with Crippen LogP contribution in [-0.4, -0.2) is 52.3 Å². The van der Waals surface area contributed by atoms with Gasteiger partial charge >= 0.3 is 0 Å². The minimum Gasteiger partial charge on any atom is -0.493 e. The number of hydrogen-bond donors (Lipinski definition) is 3. The van der Waals surface area contributed by atoms with Crippen LogP contribution in [0.25, 0.3) is 0 Å². The van der Waals surface area contributed by atoms with Gasteiger partial charge in [0.1, 0.15) is 32.7 Å². The van der Waals surface area contributed by atoms with Gasteiger partial charge < -0.3 is 24.6 Å². The molecule has 1 aliphatic heterocycles. The van der Waals surface area contributed by atoms with E-state index < -0.39 is 0 Å². The van der Waals surface area contributed by atoms with Crippen molar-refractivity contribution in [2.24, 2.45) is 0 Å². The molecular formula is C22H31N3O3+2. The summed E-state index contributed by atoms with van der Waals surface area (Å²) in [6.07, 6.45) is 0. The van der Waals surface area contributed by atoms with Crippen molar-refractivity contribution < 1.29 is 24.1 Å². The molecule has 3 rings (SSSR count). The van der Waals surface area contributed by atoms with Crippen molar-refractivity contribution in [1.29, 1.82) is 0 Å². The molecule has 1 amide bonds. The van der Waals surface area contributed by atoms with E-state index in [1.54, 1.807) is 31.3 Å². The van der Waals surface area contributed by atoms with E-state index in [0.29, 0.717) is 11.5 Å². The molecule has 1 aliphatic rings. The Bertz CT molecular complexity index is 774. The van der Waals surface area contributed by atoms with E-state index in [4.69, 9.17) is 9.47 Å². The SMILES string of the molecule is COc1ccc(NC(=O)[C@H](C)[NH+]2CC[NH+](Cc3ccccc3)CC2)cc1OC. The summed E-state index contributed by atoms with van der Waals surface area (Å²) in [6.45, 7) is 7.23. The van der Waals surface area contributed by atoms with Crippen molar-refractivity contribution in [2.45, 2.75) is 19.5 Å². The van der Waals surface area contributed by atoms with Crippen LogP contribution >= 0.6 is 0 Å². The highest BCUT2D eigenvalue weighted by Gasteiger charge is 2.31. The predicted molar refractivity (Wildman–Crippen MR) is 109 cm³/mol. The average molecular weight is 386 g/mol. The molecule has 28 heavy (non-hydrogen) atoms. The van der Waals surface area contributed by atoms with Gasteiger partial charge in [-0.05, 0) is 19.1 Å². The molecule has 2 aromatic rings. The summed E-state index contributed by atoms with van der Waals surface area (Å²) in [6, 6.07) is 16.0. The maximum Gasteiger partial charge on any atom is 0.282 e. The lowest BCUT2D eigenvalue weighted by molar-refractivity contribution is -1.02. The van der Waals surface area contributed by atoms with Gasteiger partial charge in [0.25, 0.3) is 5.91 Å². The van der Waals surface area contributed by atoms with Crippen molar-refractivity contribution in [2.75, 3.05) is 45.7 Å². The van der Waals surface area contributed by atoms with Crippen LogP contribution in [0.4, 0.5) is 5.69 Å². The first-order chi connectivity index (χ1) is 13.6. The number of benzene rings is 2. The molecular weight excluding hydrogens is 354 g/mol. The van der Waals surface area contributed by atoms with E-state index >= 15 is 0 Å². The second kappa shape index (κ2) is 9.57. The Morgan fingerprint density at radius 1 is 1.00 bits per heavy atom. The standard InChI is InChI=1S/C22H29N3O3/c1-17(22(26)23-19-9-10-20(27-2)21(15-19)28-3)25-13-11-24(12-14-25)16-18-7-5-4-6-8-18/h4-10,15,17H,11-14,16H2,1-3H3,(H,23,26)/p+2/t17-/m0/s1. The summed E-state index contributed by atoms with van der Waals surface area (Å²) in [7, 11) is 3.19. The minimum atomic E-state index is -0.0913. The lowest BCUT2D eigenvalue weighted by Crippen LogP contribution is -3.29. The average Bonchev–Trinajstić information content (AvgIpc) is 2.74. The Hall–Kier alpha value is -2.57. The summed E-state index contributed by atoms with van der Waals surface area (Å²) in [5.41, 5.74) is 2.10. The molecule has 1 fully saturated rings. The maximum atomic E-state index is 12.7. The molecule has 0 spiro atoms. The Morgan fingerprint density at radius 3 is 2.32 bits per heavy atom. The summed E-state index contributed by atoms with van der Waals surface area (Å²) >= 11 is 0. The Morgan fingerprint density at radius 2 is 1.68 bits per heavy atom. The number of piperazine rings is 1. The molecule has 0 unspecified atom stereocenters. The van der Waals surface area contributed by atoms with Gasteiger partial charge in [-0.1, -0.05) is 30.3 Å². The fraction of sp³-hybridized carbons (Fsp3) is 0.409. The summed E-state index contributed by atoms with van der Waals surface area (Å²) in [5.74, 6) is 1.30. The number of anilines is 1. The maximum absolute atomic E-state index is 12.7. The summed E-state index contributed by atoms with van der Waals surface area (Å²) < 4.78 is 10.6. The van der Waals surface area contributed by atoms with Crippen molar-refractivity contribution in [1.82, 2.24) is 0 Å². The largest absolute Gasteiger partial charge is 0.493 e. The number of hydrogen-bond acceptors (Lipinski definition) is 3. The van der Waals surface area contributed by atoms with Crippen molar-refractivity contribution >= 4 is 11.6 Å². The lowest BCUT2D eigenvalue weighted by atomic mass is 10.1. The second-order valence-electron chi connectivity index (χ2n) is 7.35. The number of methoxy groups -OCH3 is 2. The monoisotopic (exact) mass is 385 g/mol. The third-order valence-electron chi connectivity index (χ3n) is 5.55. The highest BCUT2D eigenvalue weighted by atomic mass is 16.5. The van der Waals surface area contributed by atoms with Crippen molar-refractivity contribution in [3.05, 3.63) is 54.1 Å². The van der Waals surface area contributed by atoms with Gasteiger partial charge in [-0.25, -0.2) is 0 Å². The van der Waals surface area contributed by atoms with E-state index in [1.165, 1.54) is 10.5 Å². The number of rotatable bonds is 7. The van der Waals surface area contributed by atoms with Crippen LogP contribution in [0.15, 0.2) is 48.5 Å². The summed E-state index contributed by atoms with van der Waals surface area (Å²) in [4.78, 5) is 15.7. The smallest absolute Gasteiger partial charge is 0.282 e. The number of quaternary nitrogens is 2. The quantitative estimate of drug-likeness (QED) is 0.630. The van der Waals surface area contributed by atoms with Crippen LogP contribution in [0, 0.1) is 0 Å². The van der Waals surface area contributed by atoms with Crippen molar-refractivity contribution in [3.63, 3.8) is 0 Å². The molecule has 0 saturated carbocycles. The fourth-order valence-corrected chi connectivity index (χ4v) is 3.77. The van der Waals surface area contributed by atoms with Crippen LogP contribution < -0.4 is 24.6 Å². The molecule has 1 saturated heterocycles. The van der Waals surface area contributed by atoms with Gasteiger partial charge in [-0.15, -0.1) is 0 Å². The zero-order valence-corrected chi connectivity index (χ0v) is 17.0. The zero-order chi connectivity index (χ0) is 19.9. The van der Waals surface area contributed by atoms with Gasteiger partial charge in [0.15, 0.2) is 17.5 Å². The molecule has 150 valence electrons. The topological polar surface area (TPSA) is 56.4 Å². The molecule has 2 aromatic carbocycles. The minimum absolute atomic E-state index is 0.0359. The first-order valence-electron chi connectivity index (χ1n) is 9.85.